The second kappa shape index (κ2) is 5.39. The molecule has 0 unspecified atom stereocenters. The van der Waals surface area contributed by atoms with Gasteiger partial charge in [0.15, 0.2) is 0 Å². The zero-order valence-electron chi connectivity index (χ0n) is 11.6. The topological polar surface area (TPSA) is 0 Å². The first-order valence-electron chi connectivity index (χ1n) is 6.85. The fourth-order valence-corrected chi connectivity index (χ4v) is 2.35. The van der Waals surface area contributed by atoms with Gasteiger partial charge in [0, 0.05) is 0 Å². The van der Waals surface area contributed by atoms with Gasteiger partial charge in [-0.25, -0.2) is 0 Å². The van der Waals surface area contributed by atoms with Crippen LogP contribution in [0.25, 0.3) is 11.1 Å². The van der Waals surface area contributed by atoms with Gasteiger partial charge in [0.05, 0.1) is 0 Å². The van der Waals surface area contributed by atoms with E-state index in [0.717, 1.165) is 0 Å². The summed E-state index contributed by atoms with van der Waals surface area (Å²) in [5.41, 5.74) is 4.36. The van der Waals surface area contributed by atoms with Crippen molar-refractivity contribution in [3.8, 4) is 11.1 Å². The summed E-state index contributed by atoms with van der Waals surface area (Å²) in [4.78, 5) is 0. The van der Waals surface area contributed by atoms with Gasteiger partial charge in [-0.05, 0) is 34.9 Å². The van der Waals surface area contributed by atoms with Crippen molar-refractivity contribution in [3.05, 3.63) is 60.2 Å². The Labute approximate surface area is 111 Å². The van der Waals surface area contributed by atoms with Crippen molar-refractivity contribution in [2.75, 3.05) is 0 Å². The van der Waals surface area contributed by atoms with Gasteiger partial charge in [-0.15, -0.1) is 0 Å². The van der Waals surface area contributed by atoms with Gasteiger partial charge >= 0.3 is 0 Å². The van der Waals surface area contributed by atoms with E-state index in [1.807, 2.05) is 0 Å². The van der Waals surface area contributed by atoms with E-state index in [1.165, 1.54) is 29.5 Å². The lowest BCUT2D eigenvalue weighted by molar-refractivity contribution is 0.439. The van der Waals surface area contributed by atoms with Crippen LogP contribution < -0.4 is 0 Å². The normalized spacial score (nSPS) is 11.5. The summed E-state index contributed by atoms with van der Waals surface area (Å²) in [5, 5.41) is 0. The molecule has 0 spiro atoms. The van der Waals surface area contributed by atoms with E-state index in [4.69, 9.17) is 0 Å². The molecule has 0 aromatic heterocycles. The maximum Gasteiger partial charge on any atom is -0.00805 e. The minimum absolute atomic E-state index is 0.315. The minimum Gasteiger partial charge on any atom is -0.0645 e. The molecule has 2 rings (SSSR count). The molecule has 0 N–H and O–H groups in total. The van der Waals surface area contributed by atoms with Gasteiger partial charge in [0.2, 0.25) is 0 Å². The van der Waals surface area contributed by atoms with Crippen molar-refractivity contribution in [2.45, 2.75) is 39.0 Å². The molecule has 2 aromatic rings. The second-order valence-electron chi connectivity index (χ2n) is 5.21. The molecule has 18 heavy (non-hydrogen) atoms. The van der Waals surface area contributed by atoms with Gasteiger partial charge in [0.25, 0.3) is 0 Å². The Morgan fingerprint density at radius 1 is 0.722 bits per heavy atom. The average molecular weight is 238 g/mol. The van der Waals surface area contributed by atoms with Gasteiger partial charge in [-0.2, -0.15) is 0 Å². The summed E-state index contributed by atoms with van der Waals surface area (Å²) < 4.78 is 0. The lowest BCUT2D eigenvalue weighted by Crippen LogP contribution is -2.19. The largest absolute Gasteiger partial charge is 0.0645 e. The Balaban J connectivity index is 2.31. The molecular weight excluding hydrogens is 216 g/mol. The Bertz CT molecular complexity index is 475. The Hall–Kier alpha value is -1.56. The number of rotatable bonds is 4. The first kappa shape index (κ1) is 12.9. The SMILES string of the molecule is CCC(C)(CC)c1ccc(-c2ccccc2)cc1. The lowest BCUT2D eigenvalue weighted by Gasteiger charge is -2.27. The molecule has 0 aliphatic heterocycles. The molecule has 2 aromatic carbocycles. The molecular formula is C18H22. The molecule has 0 saturated heterocycles. The third-order valence-electron chi connectivity index (χ3n) is 4.25. The highest BCUT2D eigenvalue weighted by Gasteiger charge is 2.21. The van der Waals surface area contributed by atoms with E-state index >= 15 is 0 Å². The van der Waals surface area contributed by atoms with Crippen molar-refractivity contribution in [1.29, 1.82) is 0 Å². The van der Waals surface area contributed by atoms with Crippen molar-refractivity contribution in [1.82, 2.24) is 0 Å². The summed E-state index contributed by atoms with van der Waals surface area (Å²) >= 11 is 0. The fraction of sp³-hybridized carbons (Fsp3) is 0.333. The van der Waals surface area contributed by atoms with Crippen molar-refractivity contribution < 1.29 is 0 Å². The smallest absolute Gasteiger partial charge is 0.00805 e. The summed E-state index contributed by atoms with van der Waals surface area (Å²) in [6.07, 6.45) is 2.38. The highest BCUT2D eigenvalue weighted by Crippen LogP contribution is 2.32. The molecule has 0 amide bonds. The minimum atomic E-state index is 0.315. The van der Waals surface area contributed by atoms with E-state index in [0.29, 0.717) is 5.41 Å². The highest BCUT2D eigenvalue weighted by molar-refractivity contribution is 5.63. The molecule has 94 valence electrons. The Morgan fingerprint density at radius 3 is 1.72 bits per heavy atom. The van der Waals surface area contributed by atoms with Gasteiger partial charge < -0.3 is 0 Å². The molecule has 0 aliphatic carbocycles. The monoisotopic (exact) mass is 238 g/mol. The molecule has 0 aliphatic rings. The second-order valence-corrected chi connectivity index (χ2v) is 5.21. The maximum absolute atomic E-state index is 2.35. The molecule has 0 atom stereocenters. The molecule has 0 radical (unpaired) electrons. The van der Waals surface area contributed by atoms with Crippen LogP contribution in [0.4, 0.5) is 0 Å². The van der Waals surface area contributed by atoms with E-state index in [1.54, 1.807) is 0 Å². The Morgan fingerprint density at radius 2 is 1.22 bits per heavy atom. The van der Waals surface area contributed by atoms with Crippen LogP contribution in [0.5, 0.6) is 0 Å². The lowest BCUT2D eigenvalue weighted by atomic mass is 9.77. The van der Waals surface area contributed by atoms with Crippen LogP contribution in [0.15, 0.2) is 54.6 Å². The summed E-state index contributed by atoms with van der Waals surface area (Å²) in [5.74, 6) is 0. The molecule has 0 fully saturated rings. The van der Waals surface area contributed by atoms with Crippen molar-refractivity contribution in [3.63, 3.8) is 0 Å². The number of hydrogen-bond acceptors (Lipinski definition) is 0. The van der Waals surface area contributed by atoms with Crippen LogP contribution in [0, 0.1) is 0 Å². The molecule has 0 heterocycles. The molecule has 0 nitrogen and oxygen atoms in total. The number of benzene rings is 2. The third kappa shape index (κ3) is 2.48. The van der Waals surface area contributed by atoms with Crippen LogP contribution in [-0.4, -0.2) is 0 Å². The quantitative estimate of drug-likeness (QED) is 0.666. The van der Waals surface area contributed by atoms with Gasteiger partial charge in [-0.3, -0.25) is 0 Å². The summed E-state index contributed by atoms with van der Waals surface area (Å²) in [6, 6.07) is 19.6. The van der Waals surface area contributed by atoms with Crippen LogP contribution in [0.1, 0.15) is 39.2 Å². The van der Waals surface area contributed by atoms with E-state index in [9.17, 15) is 0 Å². The van der Waals surface area contributed by atoms with Crippen molar-refractivity contribution >= 4 is 0 Å². The van der Waals surface area contributed by atoms with Gasteiger partial charge in [-0.1, -0.05) is 75.4 Å². The summed E-state index contributed by atoms with van der Waals surface area (Å²) in [7, 11) is 0. The van der Waals surface area contributed by atoms with Crippen molar-refractivity contribution in [2.24, 2.45) is 0 Å². The molecule has 0 bridgehead atoms. The Kier molecular flexibility index (Phi) is 3.86. The number of hydrogen-bond donors (Lipinski definition) is 0. The van der Waals surface area contributed by atoms with E-state index < -0.39 is 0 Å². The fourth-order valence-electron chi connectivity index (χ4n) is 2.35. The predicted molar refractivity (Wildman–Crippen MR) is 79.8 cm³/mol. The molecule has 0 heteroatoms. The average Bonchev–Trinajstić information content (AvgIpc) is 2.47. The third-order valence-corrected chi connectivity index (χ3v) is 4.25. The van der Waals surface area contributed by atoms with Crippen LogP contribution >= 0.6 is 0 Å². The molecule has 0 saturated carbocycles. The van der Waals surface area contributed by atoms with Crippen LogP contribution in [0.3, 0.4) is 0 Å². The van der Waals surface area contributed by atoms with Gasteiger partial charge in [0.1, 0.15) is 0 Å². The predicted octanol–water partition coefficient (Wildman–Crippen LogP) is 5.43. The zero-order chi connectivity index (χ0) is 13.0. The standard InChI is InChI=1S/C18H22/c1-4-18(3,5-2)17-13-11-16(12-14-17)15-9-7-6-8-10-15/h6-14H,4-5H2,1-3H3. The summed E-state index contributed by atoms with van der Waals surface area (Å²) in [6.45, 7) is 6.90. The van der Waals surface area contributed by atoms with E-state index in [-0.39, 0.29) is 0 Å². The first-order chi connectivity index (χ1) is 8.69. The maximum atomic E-state index is 2.35. The first-order valence-corrected chi connectivity index (χ1v) is 6.85. The van der Waals surface area contributed by atoms with Crippen LogP contribution in [0.2, 0.25) is 0 Å². The zero-order valence-corrected chi connectivity index (χ0v) is 11.6. The van der Waals surface area contributed by atoms with E-state index in [2.05, 4.69) is 75.4 Å². The highest BCUT2D eigenvalue weighted by atomic mass is 14.3. The van der Waals surface area contributed by atoms with Crippen LogP contribution in [-0.2, 0) is 5.41 Å².